The zero-order valence-electron chi connectivity index (χ0n) is 5.96. The zero-order chi connectivity index (χ0) is 7.61. The molecule has 1 unspecified atom stereocenters. The molecule has 1 radical (unpaired) electrons. The summed E-state index contributed by atoms with van der Waals surface area (Å²) in [5, 5.41) is 4.03. The first-order chi connectivity index (χ1) is 4.65. The molecular weight excluding hydrogens is 132 g/mol. The monoisotopic (exact) mass is 143 g/mol. The van der Waals surface area contributed by atoms with Crippen LogP contribution in [0.2, 0.25) is 0 Å². The molecule has 2 N–H and O–H groups in total. The Morgan fingerprint density at radius 2 is 2.50 bits per heavy atom. The summed E-state index contributed by atoms with van der Waals surface area (Å²) in [6.07, 6.45) is 0. The Hall–Kier alpha value is -0.610. The van der Waals surface area contributed by atoms with Gasteiger partial charge in [0, 0.05) is 6.54 Å². The van der Waals surface area contributed by atoms with Gasteiger partial charge in [0.25, 0.3) is 5.91 Å². The third-order valence-corrected chi connectivity index (χ3v) is 1.60. The van der Waals surface area contributed by atoms with Crippen LogP contribution in [0, 0.1) is 0 Å². The Morgan fingerprint density at radius 3 is 2.80 bits per heavy atom. The van der Waals surface area contributed by atoms with E-state index in [-0.39, 0.29) is 0 Å². The maximum atomic E-state index is 10.7. The van der Waals surface area contributed by atoms with E-state index in [1.165, 1.54) is 0 Å². The van der Waals surface area contributed by atoms with E-state index in [4.69, 9.17) is 10.5 Å². The molecule has 0 aromatic rings. The van der Waals surface area contributed by atoms with Crippen molar-refractivity contribution in [2.75, 3.05) is 19.7 Å². The van der Waals surface area contributed by atoms with Crippen molar-refractivity contribution >= 4 is 5.91 Å². The summed E-state index contributed by atoms with van der Waals surface area (Å²) in [7, 11) is 0. The SMILES string of the molecule is CC1(C(N)=O)C[N]CCO1. The first kappa shape index (κ1) is 7.50. The largest absolute Gasteiger partial charge is 0.367 e. The summed E-state index contributed by atoms with van der Waals surface area (Å²) in [4.78, 5) is 10.7. The summed E-state index contributed by atoms with van der Waals surface area (Å²) >= 11 is 0. The van der Waals surface area contributed by atoms with E-state index in [1.54, 1.807) is 6.92 Å². The number of rotatable bonds is 1. The van der Waals surface area contributed by atoms with Crippen LogP contribution >= 0.6 is 0 Å². The Morgan fingerprint density at radius 1 is 1.80 bits per heavy atom. The van der Waals surface area contributed by atoms with Crippen LogP contribution in [0.1, 0.15) is 6.92 Å². The molecular formula is C6H11N2O2. The van der Waals surface area contributed by atoms with Crippen LogP contribution in [0.25, 0.3) is 0 Å². The number of primary amides is 1. The summed E-state index contributed by atoms with van der Waals surface area (Å²) in [5.74, 6) is -0.434. The molecule has 1 rings (SSSR count). The van der Waals surface area contributed by atoms with Gasteiger partial charge >= 0.3 is 0 Å². The lowest BCUT2D eigenvalue weighted by molar-refractivity contribution is -0.144. The molecule has 0 bridgehead atoms. The average Bonchev–Trinajstić information content (AvgIpc) is 1.89. The number of hydrogen-bond acceptors (Lipinski definition) is 2. The fourth-order valence-electron chi connectivity index (χ4n) is 0.823. The van der Waals surface area contributed by atoms with Crippen molar-refractivity contribution in [3.63, 3.8) is 0 Å². The number of ether oxygens (including phenoxy) is 1. The summed E-state index contributed by atoms with van der Waals surface area (Å²) < 4.78 is 5.16. The van der Waals surface area contributed by atoms with Crippen molar-refractivity contribution in [2.45, 2.75) is 12.5 Å². The van der Waals surface area contributed by atoms with E-state index in [1.807, 2.05) is 0 Å². The number of hydrogen-bond donors (Lipinski definition) is 1. The second-order valence-electron chi connectivity index (χ2n) is 2.55. The van der Waals surface area contributed by atoms with Crippen molar-refractivity contribution in [3.05, 3.63) is 0 Å². The summed E-state index contributed by atoms with van der Waals surface area (Å²) in [6.45, 7) is 3.22. The molecule has 4 nitrogen and oxygen atoms in total. The maximum Gasteiger partial charge on any atom is 0.250 e. The lowest BCUT2D eigenvalue weighted by Gasteiger charge is -2.29. The third kappa shape index (κ3) is 1.27. The minimum atomic E-state index is -0.849. The van der Waals surface area contributed by atoms with Crippen LogP contribution in [-0.4, -0.2) is 31.2 Å². The molecule has 0 saturated carbocycles. The quantitative estimate of drug-likeness (QED) is 0.504. The highest BCUT2D eigenvalue weighted by Gasteiger charge is 2.34. The van der Waals surface area contributed by atoms with Crippen molar-refractivity contribution in [1.29, 1.82) is 0 Å². The second kappa shape index (κ2) is 2.56. The van der Waals surface area contributed by atoms with E-state index in [0.717, 1.165) is 0 Å². The van der Waals surface area contributed by atoms with Crippen molar-refractivity contribution in [2.24, 2.45) is 5.73 Å². The molecule has 57 valence electrons. The van der Waals surface area contributed by atoms with Gasteiger partial charge in [-0.25, -0.2) is 5.32 Å². The number of carbonyl (C=O) groups is 1. The van der Waals surface area contributed by atoms with Gasteiger partial charge in [-0.2, -0.15) is 0 Å². The molecule has 1 heterocycles. The predicted octanol–water partition coefficient (Wildman–Crippen LogP) is -1.13. The van der Waals surface area contributed by atoms with Gasteiger partial charge in [0.2, 0.25) is 0 Å². The van der Waals surface area contributed by atoms with Gasteiger partial charge < -0.3 is 10.5 Å². The maximum absolute atomic E-state index is 10.7. The Bertz CT molecular complexity index is 141. The molecule has 0 aliphatic carbocycles. The molecule has 1 amide bonds. The van der Waals surface area contributed by atoms with Gasteiger partial charge in [-0.3, -0.25) is 4.79 Å². The number of carbonyl (C=O) groups excluding carboxylic acids is 1. The highest BCUT2D eigenvalue weighted by molar-refractivity contribution is 5.83. The molecule has 10 heavy (non-hydrogen) atoms. The Balaban J connectivity index is 2.56. The van der Waals surface area contributed by atoms with E-state index in [9.17, 15) is 4.79 Å². The smallest absolute Gasteiger partial charge is 0.250 e. The van der Waals surface area contributed by atoms with Crippen LogP contribution < -0.4 is 11.1 Å². The van der Waals surface area contributed by atoms with Crippen LogP contribution in [0.5, 0.6) is 0 Å². The van der Waals surface area contributed by atoms with Crippen molar-refractivity contribution in [1.82, 2.24) is 5.32 Å². The third-order valence-electron chi connectivity index (χ3n) is 1.60. The highest BCUT2D eigenvalue weighted by atomic mass is 16.5. The first-order valence-corrected chi connectivity index (χ1v) is 3.22. The van der Waals surface area contributed by atoms with Gasteiger partial charge in [-0.05, 0) is 6.92 Å². The van der Waals surface area contributed by atoms with E-state index in [0.29, 0.717) is 19.7 Å². The normalized spacial score (nSPS) is 33.7. The Labute approximate surface area is 59.7 Å². The van der Waals surface area contributed by atoms with Gasteiger partial charge in [0.05, 0.1) is 13.2 Å². The molecule has 1 atom stereocenters. The molecule has 1 aliphatic rings. The molecule has 4 heteroatoms. The van der Waals surface area contributed by atoms with Crippen molar-refractivity contribution < 1.29 is 9.53 Å². The number of amides is 1. The summed E-state index contributed by atoms with van der Waals surface area (Å²) in [6, 6.07) is 0. The first-order valence-electron chi connectivity index (χ1n) is 3.22. The number of nitrogens with zero attached hydrogens (tertiary/aromatic N) is 1. The fourth-order valence-corrected chi connectivity index (χ4v) is 0.823. The van der Waals surface area contributed by atoms with E-state index < -0.39 is 11.5 Å². The second-order valence-corrected chi connectivity index (χ2v) is 2.55. The molecule has 0 aromatic carbocycles. The average molecular weight is 143 g/mol. The van der Waals surface area contributed by atoms with Crippen LogP contribution in [-0.2, 0) is 9.53 Å². The topological polar surface area (TPSA) is 66.4 Å². The standard InChI is InChI=1S/C6H11N2O2/c1-6(5(7)9)4-8-2-3-10-6/h2-4H2,1H3,(H2,7,9). The molecule has 1 fully saturated rings. The van der Waals surface area contributed by atoms with E-state index in [2.05, 4.69) is 5.32 Å². The van der Waals surface area contributed by atoms with Gasteiger partial charge in [0.15, 0.2) is 5.60 Å². The number of morpholine rings is 1. The molecule has 1 aliphatic heterocycles. The highest BCUT2D eigenvalue weighted by Crippen LogP contribution is 2.11. The molecule has 1 saturated heterocycles. The van der Waals surface area contributed by atoms with Crippen LogP contribution in [0.4, 0.5) is 0 Å². The Kier molecular flexibility index (Phi) is 1.92. The fraction of sp³-hybridized carbons (Fsp3) is 0.833. The predicted molar refractivity (Wildman–Crippen MR) is 35.4 cm³/mol. The number of nitrogens with two attached hydrogens (primary N) is 1. The molecule has 0 spiro atoms. The van der Waals surface area contributed by atoms with Gasteiger partial charge in [-0.15, -0.1) is 0 Å². The zero-order valence-corrected chi connectivity index (χ0v) is 5.96. The minimum absolute atomic E-state index is 0.391. The lowest BCUT2D eigenvalue weighted by Crippen LogP contribution is -2.53. The van der Waals surface area contributed by atoms with Crippen molar-refractivity contribution in [3.8, 4) is 0 Å². The van der Waals surface area contributed by atoms with E-state index >= 15 is 0 Å². The molecule has 0 aromatic heterocycles. The van der Waals surface area contributed by atoms with Crippen LogP contribution in [0.15, 0.2) is 0 Å². The summed E-state index contributed by atoms with van der Waals surface area (Å²) in [5.41, 5.74) is 4.23. The van der Waals surface area contributed by atoms with Crippen LogP contribution in [0.3, 0.4) is 0 Å². The minimum Gasteiger partial charge on any atom is -0.367 e. The lowest BCUT2D eigenvalue weighted by atomic mass is 10.1. The van der Waals surface area contributed by atoms with Gasteiger partial charge in [0.1, 0.15) is 0 Å². The van der Waals surface area contributed by atoms with Gasteiger partial charge in [-0.1, -0.05) is 0 Å².